The Morgan fingerprint density at radius 1 is 0.872 bits per heavy atom. The van der Waals surface area contributed by atoms with E-state index < -0.39 is 12.0 Å². The van der Waals surface area contributed by atoms with Crippen LogP contribution in [0.5, 0.6) is 11.5 Å². The standard InChI is InChI=1S/C32H35N3O4/c1-20-8-7-9-23(16-20)34-15-14-33(19-21(34)2)32(37)29-24-10-5-6-11-25(24)31(36)35-13-12-22-17-27(38-3)28(39-4)18-26(22)30(29)35/h5-11,16-18,21,29-30H,12-15,19H2,1-4H3/t21-,29-,30+/m0/s1. The van der Waals surface area contributed by atoms with Crippen molar-refractivity contribution < 1.29 is 19.1 Å². The summed E-state index contributed by atoms with van der Waals surface area (Å²) in [6, 6.07) is 19.9. The number of nitrogens with zero attached hydrogens (tertiary/aromatic N) is 3. The molecular weight excluding hydrogens is 490 g/mol. The number of hydrogen-bond donors (Lipinski definition) is 0. The van der Waals surface area contributed by atoms with Crippen molar-refractivity contribution >= 4 is 17.5 Å². The van der Waals surface area contributed by atoms with E-state index in [-0.39, 0.29) is 17.9 Å². The average Bonchev–Trinajstić information content (AvgIpc) is 2.96. The topological polar surface area (TPSA) is 62.3 Å². The zero-order valence-corrected chi connectivity index (χ0v) is 23.0. The van der Waals surface area contributed by atoms with Gasteiger partial charge >= 0.3 is 0 Å². The molecule has 0 aromatic heterocycles. The van der Waals surface area contributed by atoms with Crippen molar-refractivity contribution in [1.29, 1.82) is 0 Å². The Labute approximate surface area is 229 Å². The van der Waals surface area contributed by atoms with Crippen molar-refractivity contribution in [1.82, 2.24) is 9.80 Å². The van der Waals surface area contributed by atoms with Crippen molar-refractivity contribution in [3.05, 3.63) is 88.5 Å². The van der Waals surface area contributed by atoms with Crippen LogP contribution >= 0.6 is 0 Å². The Morgan fingerprint density at radius 3 is 2.38 bits per heavy atom. The quantitative estimate of drug-likeness (QED) is 0.499. The first-order valence-electron chi connectivity index (χ1n) is 13.7. The molecule has 3 aromatic rings. The number of methoxy groups -OCH3 is 2. The summed E-state index contributed by atoms with van der Waals surface area (Å²) in [7, 11) is 3.24. The van der Waals surface area contributed by atoms with Gasteiger partial charge in [0.05, 0.1) is 26.2 Å². The van der Waals surface area contributed by atoms with Gasteiger partial charge in [0.25, 0.3) is 5.91 Å². The van der Waals surface area contributed by atoms with E-state index in [4.69, 9.17) is 9.47 Å². The maximum atomic E-state index is 14.5. The summed E-state index contributed by atoms with van der Waals surface area (Å²) in [6.07, 6.45) is 0.702. The number of amides is 2. The van der Waals surface area contributed by atoms with Crippen LogP contribution in [0, 0.1) is 6.92 Å². The van der Waals surface area contributed by atoms with Crippen LogP contribution in [0.2, 0.25) is 0 Å². The first kappa shape index (κ1) is 25.3. The van der Waals surface area contributed by atoms with E-state index in [0.717, 1.165) is 23.2 Å². The first-order chi connectivity index (χ1) is 18.9. The fourth-order valence-electron chi connectivity index (χ4n) is 6.66. The molecule has 3 atom stereocenters. The van der Waals surface area contributed by atoms with Crippen LogP contribution in [0.1, 0.15) is 51.5 Å². The second-order valence-electron chi connectivity index (χ2n) is 10.8. The molecule has 7 nitrogen and oxygen atoms in total. The van der Waals surface area contributed by atoms with E-state index in [1.54, 1.807) is 14.2 Å². The molecule has 0 aliphatic carbocycles. The molecule has 3 heterocycles. The van der Waals surface area contributed by atoms with E-state index in [1.165, 1.54) is 11.3 Å². The maximum absolute atomic E-state index is 14.5. The zero-order valence-electron chi connectivity index (χ0n) is 23.0. The third-order valence-electron chi connectivity index (χ3n) is 8.56. The van der Waals surface area contributed by atoms with Crippen LogP contribution in [0.4, 0.5) is 5.69 Å². The Balaban J connectivity index is 1.38. The molecule has 3 aliphatic rings. The number of rotatable bonds is 4. The van der Waals surface area contributed by atoms with Crippen molar-refractivity contribution in [3.8, 4) is 11.5 Å². The van der Waals surface area contributed by atoms with Gasteiger partial charge in [0.1, 0.15) is 0 Å². The Kier molecular flexibility index (Phi) is 6.45. The van der Waals surface area contributed by atoms with E-state index in [0.29, 0.717) is 43.1 Å². The summed E-state index contributed by atoms with van der Waals surface area (Å²) in [5.74, 6) is 0.835. The van der Waals surface area contributed by atoms with Crippen molar-refractivity contribution in [2.24, 2.45) is 0 Å². The number of fused-ring (bicyclic) bond motifs is 4. The molecule has 0 saturated carbocycles. The number of hydrogen-bond acceptors (Lipinski definition) is 5. The third-order valence-corrected chi connectivity index (χ3v) is 8.56. The largest absolute Gasteiger partial charge is 0.493 e. The minimum absolute atomic E-state index is 0.0160. The van der Waals surface area contributed by atoms with Gasteiger partial charge in [-0.1, -0.05) is 30.3 Å². The predicted octanol–water partition coefficient (Wildman–Crippen LogP) is 4.59. The van der Waals surface area contributed by atoms with Crippen LogP contribution in [-0.2, 0) is 11.2 Å². The molecule has 39 heavy (non-hydrogen) atoms. The summed E-state index contributed by atoms with van der Waals surface area (Å²) in [5, 5.41) is 0. The maximum Gasteiger partial charge on any atom is 0.254 e. The molecule has 3 aromatic carbocycles. The SMILES string of the molecule is COc1cc2c(cc1OC)[C@@H]1[C@@H](C(=O)N3CCN(c4cccc(C)c4)[C@@H](C)C3)c3ccccc3C(=O)N1CC2. The molecule has 1 saturated heterocycles. The number of piperazine rings is 1. The van der Waals surface area contributed by atoms with E-state index in [2.05, 4.69) is 43.0 Å². The summed E-state index contributed by atoms with van der Waals surface area (Å²) < 4.78 is 11.2. The molecule has 1 fully saturated rings. The fraction of sp³-hybridized carbons (Fsp3) is 0.375. The van der Waals surface area contributed by atoms with Gasteiger partial charge in [0.2, 0.25) is 5.91 Å². The highest BCUT2D eigenvalue weighted by molar-refractivity contribution is 6.01. The van der Waals surface area contributed by atoms with Crippen molar-refractivity contribution in [2.45, 2.75) is 38.3 Å². The molecular formula is C32H35N3O4. The second kappa shape index (κ2) is 9.95. The van der Waals surface area contributed by atoms with E-state index >= 15 is 0 Å². The minimum atomic E-state index is -0.492. The minimum Gasteiger partial charge on any atom is -0.493 e. The molecule has 0 radical (unpaired) electrons. The van der Waals surface area contributed by atoms with Gasteiger partial charge in [0, 0.05) is 43.5 Å². The number of carbonyl (C=O) groups is 2. The highest BCUT2D eigenvalue weighted by Gasteiger charge is 2.48. The number of ether oxygens (including phenoxy) is 2. The van der Waals surface area contributed by atoms with Gasteiger partial charge in [-0.05, 0) is 72.9 Å². The van der Waals surface area contributed by atoms with Gasteiger partial charge in [0.15, 0.2) is 11.5 Å². The van der Waals surface area contributed by atoms with E-state index in [1.807, 2.05) is 46.2 Å². The van der Waals surface area contributed by atoms with Crippen LogP contribution in [0.3, 0.4) is 0 Å². The monoisotopic (exact) mass is 525 g/mol. The van der Waals surface area contributed by atoms with Gasteiger partial charge < -0.3 is 24.2 Å². The predicted molar refractivity (Wildman–Crippen MR) is 151 cm³/mol. The third kappa shape index (κ3) is 4.20. The summed E-state index contributed by atoms with van der Waals surface area (Å²) in [5.41, 5.74) is 5.91. The normalized spacial score (nSPS) is 22.1. The number of aryl methyl sites for hydroxylation is 1. The lowest BCUT2D eigenvalue weighted by Crippen LogP contribution is -2.57. The molecule has 2 amide bonds. The summed E-state index contributed by atoms with van der Waals surface area (Å²) >= 11 is 0. The zero-order chi connectivity index (χ0) is 27.3. The Morgan fingerprint density at radius 2 is 1.64 bits per heavy atom. The number of benzene rings is 3. The second-order valence-corrected chi connectivity index (χ2v) is 10.8. The van der Waals surface area contributed by atoms with Crippen LogP contribution in [0.15, 0.2) is 60.7 Å². The summed E-state index contributed by atoms with van der Waals surface area (Å²) in [4.78, 5) is 34.5. The van der Waals surface area contributed by atoms with Crippen LogP contribution < -0.4 is 14.4 Å². The lowest BCUT2D eigenvalue weighted by atomic mass is 9.75. The molecule has 0 unspecified atom stereocenters. The van der Waals surface area contributed by atoms with Crippen molar-refractivity contribution in [3.63, 3.8) is 0 Å². The fourth-order valence-corrected chi connectivity index (χ4v) is 6.66. The highest BCUT2D eigenvalue weighted by atomic mass is 16.5. The summed E-state index contributed by atoms with van der Waals surface area (Å²) in [6.45, 7) is 6.87. The van der Waals surface area contributed by atoms with Crippen molar-refractivity contribution in [2.75, 3.05) is 45.3 Å². The molecule has 6 rings (SSSR count). The first-order valence-corrected chi connectivity index (χ1v) is 13.7. The van der Waals surface area contributed by atoms with Crippen LogP contribution in [-0.4, -0.2) is 68.1 Å². The van der Waals surface area contributed by atoms with Gasteiger partial charge in [-0.2, -0.15) is 0 Å². The molecule has 3 aliphatic heterocycles. The van der Waals surface area contributed by atoms with Gasteiger partial charge in [-0.3, -0.25) is 9.59 Å². The highest BCUT2D eigenvalue weighted by Crippen LogP contribution is 2.49. The Hall–Kier alpha value is -4.00. The van der Waals surface area contributed by atoms with Gasteiger partial charge in [-0.25, -0.2) is 0 Å². The van der Waals surface area contributed by atoms with E-state index in [9.17, 15) is 9.59 Å². The Bertz CT molecular complexity index is 1440. The average molecular weight is 526 g/mol. The molecule has 202 valence electrons. The van der Waals surface area contributed by atoms with Gasteiger partial charge in [-0.15, -0.1) is 0 Å². The number of carbonyl (C=O) groups excluding carboxylic acids is 2. The molecule has 0 spiro atoms. The molecule has 0 bridgehead atoms. The molecule has 0 N–H and O–H groups in total. The number of anilines is 1. The lowest BCUT2D eigenvalue weighted by Gasteiger charge is -2.48. The molecule has 7 heteroatoms. The van der Waals surface area contributed by atoms with Crippen LogP contribution in [0.25, 0.3) is 0 Å². The smallest absolute Gasteiger partial charge is 0.254 e. The lowest BCUT2D eigenvalue weighted by molar-refractivity contribution is -0.135.